The Morgan fingerprint density at radius 3 is 2.50 bits per heavy atom. The van der Waals surface area contributed by atoms with Crippen LogP contribution in [0, 0.1) is 0 Å². The van der Waals surface area contributed by atoms with Gasteiger partial charge < -0.3 is 4.74 Å². The molecule has 1 rings (SSSR count). The Hall–Kier alpha value is -0.0800. The lowest BCUT2D eigenvalue weighted by Crippen LogP contribution is -2.29. The highest BCUT2D eigenvalue weighted by Crippen LogP contribution is 2.13. The molecule has 1 heterocycles. The Morgan fingerprint density at radius 2 is 2.20 bits per heavy atom. The SMILES string of the molecule is CO[C@H]1CCN(C(C)C)C1. The number of methoxy groups -OCH3 is 1. The van der Waals surface area contributed by atoms with Crippen molar-refractivity contribution in [3.8, 4) is 0 Å². The fraction of sp³-hybridized carbons (Fsp3) is 1.00. The van der Waals surface area contributed by atoms with Gasteiger partial charge in [-0.15, -0.1) is 0 Å². The first-order chi connectivity index (χ1) is 4.74. The van der Waals surface area contributed by atoms with Crippen LogP contribution in [0.1, 0.15) is 20.3 Å². The summed E-state index contributed by atoms with van der Waals surface area (Å²) < 4.78 is 5.25. The number of nitrogens with zero attached hydrogens (tertiary/aromatic N) is 1. The molecular weight excluding hydrogens is 126 g/mol. The molecule has 0 unspecified atom stereocenters. The van der Waals surface area contributed by atoms with E-state index in [1.165, 1.54) is 13.0 Å². The van der Waals surface area contributed by atoms with Gasteiger partial charge in [-0.3, -0.25) is 4.90 Å². The number of likely N-dealkylation sites (tertiary alicyclic amines) is 1. The zero-order chi connectivity index (χ0) is 7.56. The van der Waals surface area contributed by atoms with Gasteiger partial charge in [-0.2, -0.15) is 0 Å². The predicted molar refractivity (Wildman–Crippen MR) is 42.1 cm³/mol. The fourth-order valence-electron chi connectivity index (χ4n) is 1.42. The van der Waals surface area contributed by atoms with E-state index in [2.05, 4.69) is 18.7 Å². The maximum absolute atomic E-state index is 5.25. The first kappa shape index (κ1) is 8.02. The van der Waals surface area contributed by atoms with Crippen LogP contribution < -0.4 is 0 Å². The van der Waals surface area contributed by atoms with Gasteiger partial charge in [-0.1, -0.05) is 0 Å². The predicted octanol–water partition coefficient (Wildman–Crippen LogP) is 1.12. The summed E-state index contributed by atoms with van der Waals surface area (Å²) in [5, 5.41) is 0. The number of ether oxygens (including phenoxy) is 1. The summed E-state index contributed by atoms with van der Waals surface area (Å²) in [5.41, 5.74) is 0. The van der Waals surface area contributed by atoms with Crippen LogP contribution in [0.15, 0.2) is 0 Å². The van der Waals surface area contributed by atoms with E-state index in [-0.39, 0.29) is 0 Å². The van der Waals surface area contributed by atoms with Gasteiger partial charge in [-0.25, -0.2) is 0 Å². The van der Waals surface area contributed by atoms with Gasteiger partial charge in [0.05, 0.1) is 6.10 Å². The highest BCUT2D eigenvalue weighted by molar-refractivity contribution is 4.77. The van der Waals surface area contributed by atoms with Crippen molar-refractivity contribution in [3.63, 3.8) is 0 Å². The first-order valence-electron chi connectivity index (χ1n) is 4.01. The number of hydrogen-bond acceptors (Lipinski definition) is 2. The minimum atomic E-state index is 0.488. The van der Waals surface area contributed by atoms with Crippen molar-refractivity contribution in [2.45, 2.75) is 32.4 Å². The molecule has 0 saturated carbocycles. The molecule has 2 heteroatoms. The van der Waals surface area contributed by atoms with E-state index in [9.17, 15) is 0 Å². The van der Waals surface area contributed by atoms with Gasteiger partial charge in [-0.05, 0) is 20.3 Å². The van der Waals surface area contributed by atoms with E-state index in [0.717, 1.165) is 6.54 Å². The third-order valence-corrected chi connectivity index (χ3v) is 2.24. The van der Waals surface area contributed by atoms with Crippen molar-refractivity contribution in [2.75, 3.05) is 20.2 Å². The summed E-state index contributed by atoms with van der Waals surface area (Å²) in [6.45, 7) is 6.79. The van der Waals surface area contributed by atoms with Gasteiger partial charge >= 0.3 is 0 Å². The summed E-state index contributed by atoms with van der Waals surface area (Å²) >= 11 is 0. The van der Waals surface area contributed by atoms with Crippen LogP contribution in [0.25, 0.3) is 0 Å². The standard InChI is InChI=1S/C8H17NO/c1-7(2)9-5-4-8(6-9)10-3/h7-8H,4-6H2,1-3H3/t8-/m0/s1. The Bertz CT molecular complexity index is 103. The second-order valence-electron chi connectivity index (χ2n) is 3.24. The Morgan fingerprint density at radius 1 is 1.50 bits per heavy atom. The van der Waals surface area contributed by atoms with Gasteiger partial charge in [0.1, 0.15) is 0 Å². The van der Waals surface area contributed by atoms with Gasteiger partial charge in [0.25, 0.3) is 0 Å². The number of hydrogen-bond donors (Lipinski definition) is 0. The summed E-state index contributed by atoms with van der Waals surface area (Å²) in [6.07, 6.45) is 1.69. The molecular formula is C8H17NO. The molecule has 0 aromatic rings. The average molecular weight is 143 g/mol. The molecule has 1 aliphatic heterocycles. The van der Waals surface area contributed by atoms with Gasteiger partial charge in [0.15, 0.2) is 0 Å². The van der Waals surface area contributed by atoms with E-state index >= 15 is 0 Å². The molecule has 1 saturated heterocycles. The highest BCUT2D eigenvalue weighted by atomic mass is 16.5. The minimum absolute atomic E-state index is 0.488. The monoisotopic (exact) mass is 143 g/mol. The van der Waals surface area contributed by atoms with Crippen molar-refractivity contribution in [3.05, 3.63) is 0 Å². The second kappa shape index (κ2) is 3.35. The van der Waals surface area contributed by atoms with Crippen LogP contribution in [-0.4, -0.2) is 37.2 Å². The average Bonchev–Trinajstić information content (AvgIpc) is 2.34. The van der Waals surface area contributed by atoms with Crippen LogP contribution in [0.2, 0.25) is 0 Å². The zero-order valence-electron chi connectivity index (χ0n) is 7.13. The quantitative estimate of drug-likeness (QED) is 0.574. The maximum Gasteiger partial charge on any atom is 0.0710 e. The van der Waals surface area contributed by atoms with Gasteiger partial charge in [0, 0.05) is 26.2 Å². The van der Waals surface area contributed by atoms with Crippen molar-refractivity contribution in [2.24, 2.45) is 0 Å². The lowest BCUT2D eigenvalue weighted by molar-refractivity contribution is 0.104. The summed E-state index contributed by atoms with van der Waals surface area (Å²) in [5.74, 6) is 0. The van der Waals surface area contributed by atoms with Crippen molar-refractivity contribution in [1.29, 1.82) is 0 Å². The van der Waals surface area contributed by atoms with Crippen LogP contribution >= 0.6 is 0 Å². The molecule has 0 amide bonds. The number of rotatable bonds is 2. The van der Waals surface area contributed by atoms with Crippen molar-refractivity contribution < 1.29 is 4.74 Å². The van der Waals surface area contributed by atoms with E-state index in [4.69, 9.17) is 4.74 Å². The van der Waals surface area contributed by atoms with Gasteiger partial charge in [0.2, 0.25) is 0 Å². The van der Waals surface area contributed by atoms with Crippen molar-refractivity contribution in [1.82, 2.24) is 4.90 Å². The van der Waals surface area contributed by atoms with Crippen LogP contribution in [0.4, 0.5) is 0 Å². The largest absolute Gasteiger partial charge is 0.380 e. The molecule has 0 bridgehead atoms. The Kier molecular flexibility index (Phi) is 2.69. The second-order valence-corrected chi connectivity index (χ2v) is 3.24. The normalized spacial score (nSPS) is 28.2. The van der Waals surface area contributed by atoms with E-state index < -0.39 is 0 Å². The molecule has 0 radical (unpaired) electrons. The molecule has 1 atom stereocenters. The first-order valence-corrected chi connectivity index (χ1v) is 4.01. The molecule has 0 aliphatic carbocycles. The zero-order valence-corrected chi connectivity index (χ0v) is 7.13. The molecule has 0 N–H and O–H groups in total. The molecule has 2 nitrogen and oxygen atoms in total. The Labute approximate surface area is 63.2 Å². The van der Waals surface area contributed by atoms with E-state index in [1.807, 2.05) is 0 Å². The Balaban J connectivity index is 2.28. The third kappa shape index (κ3) is 1.70. The van der Waals surface area contributed by atoms with E-state index in [1.54, 1.807) is 7.11 Å². The lowest BCUT2D eigenvalue weighted by atomic mass is 10.3. The van der Waals surface area contributed by atoms with Crippen molar-refractivity contribution >= 4 is 0 Å². The summed E-state index contributed by atoms with van der Waals surface area (Å²) in [4.78, 5) is 2.45. The summed E-state index contributed by atoms with van der Waals surface area (Å²) in [6, 6.07) is 0.681. The maximum atomic E-state index is 5.25. The molecule has 1 fully saturated rings. The smallest absolute Gasteiger partial charge is 0.0710 e. The third-order valence-electron chi connectivity index (χ3n) is 2.24. The van der Waals surface area contributed by atoms with Crippen LogP contribution in [0.5, 0.6) is 0 Å². The minimum Gasteiger partial charge on any atom is -0.380 e. The molecule has 0 aromatic carbocycles. The molecule has 60 valence electrons. The topological polar surface area (TPSA) is 12.5 Å². The molecule has 1 aliphatic rings. The van der Waals surface area contributed by atoms with E-state index in [0.29, 0.717) is 12.1 Å². The summed E-state index contributed by atoms with van der Waals surface area (Å²) in [7, 11) is 1.80. The fourth-order valence-corrected chi connectivity index (χ4v) is 1.42. The lowest BCUT2D eigenvalue weighted by Gasteiger charge is -2.19. The van der Waals surface area contributed by atoms with Crippen LogP contribution in [-0.2, 0) is 4.74 Å². The molecule has 0 spiro atoms. The molecule has 10 heavy (non-hydrogen) atoms. The molecule has 0 aromatic heterocycles. The van der Waals surface area contributed by atoms with Crippen LogP contribution in [0.3, 0.4) is 0 Å². The highest BCUT2D eigenvalue weighted by Gasteiger charge is 2.23.